The molecule has 1 atom stereocenters. The Morgan fingerprint density at radius 2 is 2.04 bits per heavy atom. The van der Waals surface area contributed by atoms with Crippen LogP contribution in [0, 0.1) is 24.2 Å². The Bertz CT molecular complexity index is 676. The maximum absolute atomic E-state index is 12.1. The minimum atomic E-state index is -0.787. The summed E-state index contributed by atoms with van der Waals surface area (Å²) in [6.45, 7) is 5.57. The Morgan fingerprint density at radius 3 is 2.62 bits per heavy atom. The van der Waals surface area contributed by atoms with Gasteiger partial charge in [-0.25, -0.2) is 0 Å². The predicted octanol–water partition coefficient (Wildman–Crippen LogP) is 2.56. The molecule has 0 spiro atoms. The number of nitrogens with one attached hydrogen (secondary N) is 3. The first-order chi connectivity index (χ1) is 11.4. The van der Waals surface area contributed by atoms with Crippen LogP contribution in [0.25, 0.3) is 0 Å². The van der Waals surface area contributed by atoms with E-state index in [4.69, 9.17) is 0 Å². The first-order valence-electron chi connectivity index (χ1n) is 8.24. The van der Waals surface area contributed by atoms with Crippen LogP contribution in [0.3, 0.4) is 0 Å². The maximum atomic E-state index is 12.1. The zero-order valence-corrected chi connectivity index (χ0v) is 14.4. The number of nitrogens with zero attached hydrogens (tertiary/aromatic N) is 1. The summed E-state index contributed by atoms with van der Waals surface area (Å²) in [5.74, 6) is -0.0223. The van der Waals surface area contributed by atoms with Crippen molar-refractivity contribution < 1.29 is 9.59 Å². The molecule has 6 heteroatoms. The van der Waals surface area contributed by atoms with Gasteiger partial charge in [-0.05, 0) is 50.3 Å². The van der Waals surface area contributed by atoms with Crippen LogP contribution in [0.5, 0.6) is 0 Å². The predicted molar refractivity (Wildman–Crippen MR) is 93.5 cm³/mol. The van der Waals surface area contributed by atoms with Gasteiger partial charge in [0.25, 0.3) is 0 Å². The fourth-order valence-electron chi connectivity index (χ4n) is 2.53. The van der Waals surface area contributed by atoms with Gasteiger partial charge in [0.15, 0.2) is 0 Å². The van der Waals surface area contributed by atoms with Crippen LogP contribution in [0.1, 0.15) is 38.7 Å². The number of carbonyl (C=O) groups is 2. The lowest BCUT2D eigenvalue weighted by Gasteiger charge is -2.23. The molecule has 24 heavy (non-hydrogen) atoms. The highest BCUT2D eigenvalue weighted by atomic mass is 16.2. The number of anilines is 2. The quantitative estimate of drug-likeness (QED) is 0.717. The van der Waals surface area contributed by atoms with Crippen molar-refractivity contribution in [2.24, 2.45) is 5.92 Å². The van der Waals surface area contributed by atoms with Gasteiger partial charge < -0.3 is 16.0 Å². The van der Waals surface area contributed by atoms with Crippen LogP contribution < -0.4 is 16.0 Å². The molecule has 1 aliphatic carbocycles. The number of nitriles is 1. The molecule has 1 saturated carbocycles. The zero-order valence-electron chi connectivity index (χ0n) is 14.4. The van der Waals surface area contributed by atoms with E-state index in [0.717, 1.165) is 24.1 Å². The van der Waals surface area contributed by atoms with Crippen LogP contribution in [-0.4, -0.2) is 23.9 Å². The third-order valence-corrected chi connectivity index (χ3v) is 4.31. The van der Waals surface area contributed by atoms with Gasteiger partial charge in [0.05, 0.1) is 12.6 Å². The van der Waals surface area contributed by atoms with Gasteiger partial charge in [0.1, 0.15) is 5.54 Å². The number of hydrogen-bond donors (Lipinski definition) is 3. The molecule has 0 unspecified atom stereocenters. The van der Waals surface area contributed by atoms with Crippen molar-refractivity contribution in [3.05, 3.63) is 23.8 Å². The number of hydrogen-bond acceptors (Lipinski definition) is 4. The molecule has 2 amide bonds. The van der Waals surface area contributed by atoms with E-state index in [9.17, 15) is 14.9 Å². The van der Waals surface area contributed by atoms with Crippen LogP contribution in [0.15, 0.2) is 18.2 Å². The number of carbonyl (C=O) groups excluding carboxylic acids is 2. The van der Waals surface area contributed by atoms with Crippen molar-refractivity contribution in [1.29, 1.82) is 5.26 Å². The lowest BCUT2D eigenvalue weighted by Crippen LogP contribution is -2.48. The van der Waals surface area contributed by atoms with E-state index in [0.29, 0.717) is 12.1 Å². The molecule has 0 radical (unpaired) electrons. The maximum Gasteiger partial charge on any atom is 0.240 e. The van der Waals surface area contributed by atoms with Gasteiger partial charge in [-0.1, -0.05) is 13.0 Å². The minimum absolute atomic E-state index is 0.0585. The molecule has 0 aromatic heterocycles. The summed E-state index contributed by atoms with van der Waals surface area (Å²) in [7, 11) is 0. The van der Waals surface area contributed by atoms with Crippen LogP contribution in [0.4, 0.5) is 11.4 Å². The van der Waals surface area contributed by atoms with Gasteiger partial charge in [0.2, 0.25) is 11.8 Å². The average Bonchev–Trinajstić information content (AvgIpc) is 3.40. The summed E-state index contributed by atoms with van der Waals surface area (Å²) in [5, 5.41) is 18.0. The Morgan fingerprint density at radius 1 is 1.33 bits per heavy atom. The van der Waals surface area contributed by atoms with Gasteiger partial charge in [0, 0.05) is 17.8 Å². The molecule has 6 nitrogen and oxygen atoms in total. The molecule has 1 aromatic carbocycles. The highest BCUT2D eigenvalue weighted by Gasteiger charge is 2.42. The Balaban J connectivity index is 1.95. The zero-order chi connectivity index (χ0) is 17.7. The highest BCUT2D eigenvalue weighted by molar-refractivity contribution is 5.91. The topological polar surface area (TPSA) is 94.0 Å². The number of amides is 2. The lowest BCUT2D eigenvalue weighted by atomic mass is 9.98. The van der Waals surface area contributed by atoms with Crippen molar-refractivity contribution >= 4 is 23.2 Å². The second-order valence-corrected chi connectivity index (χ2v) is 6.42. The van der Waals surface area contributed by atoms with Crippen molar-refractivity contribution in [3.63, 3.8) is 0 Å². The van der Waals surface area contributed by atoms with Gasteiger partial charge in [-0.15, -0.1) is 0 Å². The second-order valence-electron chi connectivity index (χ2n) is 6.42. The molecule has 1 fully saturated rings. The first-order valence-corrected chi connectivity index (χ1v) is 8.24. The van der Waals surface area contributed by atoms with E-state index in [1.54, 1.807) is 19.9 Å². The molecule has 0 aliphatic heterocycles. The number of benzene rings is 1. The molecular weight excluding hydrogens is 304 g/mol. The smallest absolute Gasteiger partial charge is 0.240 e. The summed E-state index contributed by atoms with van der Waals surface area (Å²) in [4.78, 5) is 23.6. The minimum Gasteiger partial charge on any atom is -0.376 e. The molecule has 0 bridgehead atoms. The van der Waals surface area contributed by atoms with E-state index in [1.165, 1.54) is 0 Å². The normalized spacial score (nSPS) is 15.8. The van der Waals surface area contributed by atoms with Gasteiger partial charge in [-0.2, -0.15) is 5.26 Å². The molecule has 3 N–H and O–H groups in total. The van der Waals surface area contributed by atoms with Crippen LogP contribution in [-0.2, 0) is 9.59 Å². The second kappa shape index (κ2) is 7.35. The Hall–Kier alpha value is -2.55. The lowest BCUT2D eigenvalue weighted by molar-refractivity contribution is -0.120. The van der Waals surface area contributed by atoms with Crippen molar-refractivity contribution in [1.82, 2.24) is 5.32 Å². The van der Waals surface area contributed by atoms with Gasteiger partial charge >= 0.3 is 0 Å². The summed E-state index contributed by atoms with van der Waals surface area (Å²) < 4.78 is 0. The van der Waals surface area contributed by atoms with Crippen molar-refractivity contribution in [2.45, 2.75) is 45.6 Å². The van der Waals surface area contributed by atoms with E-state index >= 15 is 0 Å². The molecular formula is C18H24N4O2. The molecule has 2 rings (SSSR count). The van der Waals surface area contributed by atoms with Gasteiger partial charge in [-0.3, -0.25) is 9.59 Å². The van der Waals surface area contributed by atoms with E-state index in [2.05, 4.69) is 22.0 Å². The van der Waals surface area contributed by atoms with E-state index in [1.807, 2.05) is 19.1 Å². The molecule has 1 aliphatic rings. The summed E-state index contributed by atoms with van der Waals surface area (Å²) >= 11 is 0. The Kier molecular flexibility index (Phi) is 5.45. The fraction of sp³-hybridized carbons (Fsp3) is 0.500. The fourth-order valence-corrected chi connectivity index (χ4v) is 2.53. The first kappa shape index (κ1) is 17.8. The SMILES string of the molecule is CCC(=O)Nc1ccc(C)c(NCC(=O)N[C@@](C)(C#N)C2CC2)c1. The summed E-state index contributed by atoms with van der Waals surface area (Å²) in [5.41, 5.74) is 1.66. The van der Waals surface area contributed by atoms with E-state index < -0.39 is 5.54 Å². The van der Waals surface area contributed by atoms with Crippen LogP contribution in [0.2, 0.25) is 0 Å². The third kappa shape index (κ3) is 4.48. The standard InChI is InChI=1S/C18H24N4O2/c1-4-16(23)21-14-8-5-12(2)15(9-14)20-10-17(24)22-18(3,11-19)13-6-7-13/h5,8-9,13,20H,4,6-7,10H2,1-3H3,(H,21,23)(H,22,24)/t18-/m0/s1. The molecule has 128 valence electrons. The Labute approximate surface area is 142 Å². The van der Waals surface area contributed by atoms with Crippen molar-refractivity contribution in [3.8, 4) is 6.07 Å². The molecule has 1 aromatic rings. The molecule has 0 saturated heterocycles. The monoisotopic (exact) mass is 328 g/mol. The largest absolute Gasteiger partial charge is 0.376 e. The highest BCUT2D eigenvalue weighted by Crippen LogP contribution is 2.39. The number of rotatable bonds is 7. The van der Waals surface area contributed by atoms with Crippen molar-refractivity contribution in [2.75, 3.05) is 17.2 Å². The molecule has 0 heterocycles. The average molecular weight is 328 g/mol. The summed E-state index contributed by atoms with van der Waals surface area (Å²) in [6, 6.07) is 7.73. The summed E-state index contributed by atoms with van der Waals surface area (Å²) in [6.07, 6.45) is 2.37. The number of aryl methyl sites for hydroxylation is 1. The van der Waals surface area contributed by atoms with Crippen LogP contribution >= 0.6 is 0 Å². The van der Waals surface area contributed by atoms with E-state index in [-0.39, 0.29) is 24.3 Å². The third-order valence-electron chi connectivity index (χ3n) is 4.31.